The summed E-state index contributed by atoms with van der Waals surface area (Å²) in [6.45, 7) is 0.412. The highest BCUT2D eigenvalue weighted by molar-refractivity contribution is 5.85. The maximum absolute atomic E-state index is 13.7. The van der Waals surface area contributed by atoms with Crippen molar-refractivity contribution in [2.24, 2.45) is 11.5 Å². The summed E-state index contributed by atoms with van der Waals surface area (Å²) in [6, 6.07) is 2.39. The summed E-state index contributed by atoms with van der Waals surface area (Å²) in [5.74, 6) is 0.411. The van der Waals surface area contributed by atoms with Crippen LogP contribution in [0.2, 0.25) is 0 Å². The second-order valence-electron chi connectivity index (χ2n) is 3.41. The molecule has 1 rings (SSSR count). The van der Waals surface area contributed by atoms with Crippen molar-refractivity contribution < 1.29 is 13.9 Å². The van der Waals surface area contributed by atoms with E-state index >= 15 is 0 Å². The van der Waals surface area contributed by atoms with Gasteiger partial charge in [0, 0.05) is 17.7 Å². The van der Waals surface area contributed by atoms with Crippen molar-refractivity contribution in [3.63, 3.8) is 0 Å². The normalized spacial score (nSPS) is 11.6. The van der Waals surface area contributed by atoms with E-state index in [0.717, 1.165) is 0 Å². The molecule has 0 amide bonds. The number of rotatable bonds is 5. The monoisotopic (exact) mass is 264 g/mol. The first kappa shape index (κ1) is 16.0. The lowest BCUT2D eigenvalue weighted by atomic mass is 10.0. The Morgan fingerprint density at radius 3 is 2.24 bits per heavy atom. The summed E-state index contributed by atoms with van der Waals surface area (Å²) in [5, 5.41) is 0. The van der Waals surface area contributed by atoms with E-state index in [-0.39, 0.29) is 12.4 Å². The lowest BCUT2D eigenvalue weighted by Gasteiger charge is -2.15. The molecule has 6 heteroatoms. The zero-order valence-corrected chi connectivity index (χ0v) is 10.7. The van der Waals surface area contributed by atoms with Crippen molar-refractivity contribution in [2.75, 3.05) is 20.8 Å². The predicted molar refractivity (Wildman–Crippen MR) is 67.4 cm³/mol. The maximum atomic E-state index is 13.7. The van der Waals surface area contributed by atoms with Crippen LogP contribution in [0.3, 0.4) is 0 Å². The molecule has 17 heavy (non-hydrogen) atoms. The van der Waals surface area contributed by atoms with Gasteiger partial charge in [-0.25, -0.2) is 4.39 Å². The maximum Gasteiger partial charge on any atom is 0.163 e. The molecule has 0 saturated heterocycles. The average molecular weight is 265 g/mol. The molecule has 4 nitrogen and oxygen atoms in total. The zero-order chi connectivity index (χ0) is 12.1. The highest BCUT2D eigenvalue weighted by atomic mass is 35.5. The Bertz CT molecular complexity index is 364. The molecule has 0 saturated carbocycles. The lowest BCUT2D eigenvalue weighted by Crippen LogP contribution is -2.16. The molecule has 1 atom stereocenters. The van der Waals surface area contributed by atoms with E-state index in [2.05, 4.69) is 0 Å². The van der Waals surface area contributed by atoms with E-state index in [1.807, 2.05) is 0 Å². The van der Waals surface area contributed by atoms with Gasteiger partial charge >= 0.3 is 0 Å². The highest BCUT2D eigenvalue weighted by Crippen LogP contribution is 2.32. The second kappa shape index (κ2) is 7.32. The molecule has 0 radical (unpaired) electrons. The third-order valence-electron chi connectivity index (χ3n) is 2.38. The molecule has 0 aromatic heterocycles. The predicted octanol–water partition coefficient (Wildman–Crippen LogP) is 1.61. The van der Waals surface area contributed by atoms with Crippen LogP contribution in [0, 0.1) is 5.82 Å². The molecule has 0 unspecified atom stereocenters. The van der Waals surface area contributed by atoms with Gasteiger partial charge in [0.25, 0.3) is 0 Å². The van der Waals surface area contributed by atoms with Crippen LogP contribution in [-0.2, 0) is 0 Å². The van der Waals surface area contributed by atoms with E-state index in [1.165, 1.54) is 20.3 Å². The van der Waals surface area contributed by atoms with Crippen LogP contribution in [0.15, 0.2) is 12.1 Å². The molecule has 4 N–H and O–H groups in total. The Morgan fingerprint density at radius 2 is 1.76 bits per heavy atom. The van der Waals surface area contributed by atoms with Gasteiger partial charge in [0.15, 0.2) is 11.5 Å². The van der Waals surface area contributed by atoms with Gasteiger partial charge in [-0.15, -0.1) is 12.4 Å². The van der Waals surface area contributed by atoms with Crippen molar-refractivity contribution in [1.82, 2.24) is 0 Å². The molecular weight excluding hydrogens is 247 g/mol. The molecule has 0 spiro atoms. The molecular formula is C11H18ClFN2O2. The minimum Gasteiger partial charge on any atom is -0.493 e. The van der Waals surface area contributed by atoms with Crippen LogP contribution in [0.25, 0.3) is 0 Å². The summed E-state index contributed by atoms with van der Waals surface area (Å²) in [7, 11) is 2.95. The van der Waals surface area contributed by atoms with E-state index in [0.29, 0.717) is 30.0 Å². The van der Waals surface area contributed by atoms with E-state index in [9.17, 15) is 4.39 Å². The molecule has 0 aliphatic heterocycles. The smallest absolute Gasteiger partial charge is 0.163 e. The number of methoxy groups -OCH3 is 2. The molecule has 1 aromatic carbocycles. The molecule has 0 aliphatic carbocycles. The number of hydrogen-bond acceptors (Lipinski definition) is 4. The number of benzene rings is 1. The van der Waals surface area contributed by atoms with Gasteiger partial charge in [-0.05, 0) is 19.0 Å². The third kappa shape index (κ3) is 3.73. The quantitative estimate of drug-likeness (QED) is 0.848. The first-order valence-electron chi connectivity index (χ1n) is 5.01. The fourth-order valence-corrected chi connectivity index (χ4v) is 1.49. The van der Waals surface area contributed by atoms with Crippen molar-refractivity contribution in [1.29, 1.82) is 0 Å². The number of hydrogen-bond donors (Lipinski definition) is 2. The summed E-state index contributed by atoms with van der Waals surface area (Å²) in [6.07, 6.45) is 0.520. The van der Waals surface area contributed by atoms with Crippen LogP contribution in [-0.4, -0.2) is 20.8 Å². The lowest BCUT2D eigenvalue weighted by molar-refractivity contribution is 0.351. The van der Waals surface area contributed by atoms with Gasteiger partial charge in [0.1, 0.15) is 5.82 Å². The standard InChI is InChI=1S/C11H17FN2O2.ClH/c1-15-10-5-7(9(14)3-4-13)8(12)6-11(10)16-2;/h5-6,9H,3-4,13-14H2,1-2H3;1H/t9-;/m1./s1. The highest BCUT2D eigenvalue weighted by Gasteiger charge is 2.15. The number of nitrogens with two attached hydrogens (primary N) is 2. The van der Waals surface area contributed by atoms with Crippen LogP contribution >= 0.6 is 12.4 Å². The minimum absolute atomic E-state index is 0. The van der Waals surface area contributed by atoms with E-state index in [1.54, 1.807) is 6.07 Å². The first-order valence-corrected chi connectivity index (χ1v) is 5.01. The Morgan fingerprint density at radius 1 is 1.24 bits per heavy atom. The fraction of sp³-hybridized carbons (Fsp3) is 0.455. The van der Waals surface area contributed by atoms with Crippen molar-refractivity contribution >= 4 is 12.4 Å². The van der Waals surface area contributed by atoms with Crippen LogP contribution < -0.4 is 20.9 Å². The van der Waals surface area contributed by atoms with Gasteiger partial charge < -0.3 is 20.9 Å². The molecule has 0 bridgehead atoms. The summed E-state index contributed by atoms with van der Waals surface area (Å²) in [4.78, 5) is 0. The van der Waals surface area contributed by atoms with Gasteiger partial charge in [-0.2, -0.15) is 0 Å². The fourth-order valence-electron chi connectivity index (χ4n) is 1.49. The van der Waals surface area contributed by atoms with Crippen molar-refractivity contribution in [2.45, 2.75) is 12.5 Å². The molecule has 0 heterocycles. The number of ether oxygens (including phenoxy) is 2. The van der Waals surface area contributed by atoms with Crippen molar-refractivity contribution in [3.05, 3.63) is 23.5 Å². The Hall–Kier alpha value is -1.04. The average Bonchev–Trinajstić information content (AvgIpc) is 2.28. The Labute approximate surface area is 106 Å². The zero-order valence-electron chi connectivity index (χ0n) is 9.90. The molecule has 1 aromatic rings. The van der Waals surface area contributed by atoms with E-state index in [4.69, 9.17) is 20.9 Å². The Balaban J connectivity index is 0.00000256. The van der Waals surface area contributed by atoms with Gasteiger partial charge in [-0.3, -0.25) is 0 Å². The third-order valence-corrected chi connectivity index (χ3v) is 2.38. The van der Waals surface area contributed by atoms with Gasteiger partial charge in [-0.1, -0.05) is 0 Å². The van der Waals surface area contributed by atoms with Crippen LogP contribution in [0.4, 0.5) is 4.39 Å². The number of halogens is 2. The minimum atomic E-state index is -0.426. The molecule has 0 aliphatic rings. The molecule has 0 fully saturated rings. The van der Waals surface area contributed by atoms with Gasteiger partial charge in [0.2, 0.25) is 0 Å². The van der Waals surface area contributed by atoms with Gasteiger partial charge in [0.05, 0.1) is 14.2 Å². The SMILES string of the molecule is COc1cc(F)c([C@H](N)CCN)cc1OC.Cl. The Kier molecular flexibility index (Phi) is 6.87. The largest absolute Gasteiger partial charge is 0.493 e. The topological polar surface area (TPSA) is 70.5 Å². The summed E-state index contributed by atoms with van der Waals surface area (Å²) >= 11 is 0. The van der Waals surface area contributed by atoms with Crippen LogP contribution in [0.1, 0.15) is 18.0 Å². The van der Waals surface area contributed by atoms with Crippen LogP contribution in [0.5, 0.6) is 11.5 Å². The summed E-state index contributed by atoms with van der Waals surface area (Å²) in [5.41, 5.74) is 11.6. The van der Waals surface area contributed by atoms with E-state index < -0.39 is 11.9 Å². The first-order chi connectivity index (χ1) is 7.63. The molecule has 98 valence electrons. The summed E-state index contributed by atoms with van der Waals surface area (Å²) < 4.78 is 23.7. The second-order valence-corrected chi connectivity index (χ2v) is 3.41. The van der Waals surface area contributed by atoms with Crippen molar-refractivity contribution in [3.8, 4) is 11.5 Å².